The molecule has 0 radical (unpaired) electrons. The summed E-state index contributed by atoms with van der Waals surface area (Å²) in [5.74, 6) is 0.871. The molecule has 180 valence electrons. The molecule has 0 atom stereocenters. The van der Waals surface area contributed by atoms with Crippen LogP contribution in [-0.2, 0) is 29.1 Å². The van der Waals surface area contributed by atoms with Crippen molar-refractivity contribution in [3.63, 3.8) is 0 Å². The molecule has 0 spiro atoms. The highest BCUT2D eigenvalue weighted by molar-refractivity contribution is 5.96. The second kappa shape index (κ2) is 10.7. The maximum Gasteiger partial charge on any atom is 0.243 e. The Balaban J connectivity index is 1.09. The van der Waals surface area contributed by atoms with Crippen LogP contribution in [0.5, 0.6) is 11.6 Å². The summed E-state index contributed by atoms with van der Waals surface area (Å²) in [5.41, 5.74) is 4.38. The van der Waals surface area contributed by atoms with Gasteiger partial charge in [-0.15, -0.1) is 0 Å². The minimum Gasteiger partial charge on any atom is -0.437 e. The van der Waals surface area contributed by atoms with E-state index in [-0.39, 0.29) is 24.7 Å². The van der Waals surface area contributed by atoms with Gasteiger partial charge in [0, 0.05) is 50.8 Å². The van der Waals surface area contributed by atoms with Gasteiger partial charge in [-0.05, 0) is 42.2 Å². The number of para-hydroxylation sites is 1. The van der Waals surface area contributed by atoms with E-state index in [1.54, 1.807) is 17.2 Å². The fourth-order valence-corrected chi connectivity index (χ4v) is 4.70. The van der Waals surface area contributed by atoms with Gasteiger partial charge in [0.15, 0.2) is 0 Å². The molecule has 2 aliphatic heterocycles. The molecule has 2 amide bonds. The minimum absolute atomic E-state index is 0.0970. The minimum atomic E-state index is -0.123. The third-order valence-electron chi connectivity index (χ3n) is 6.60. The summed E-state index contributed by atoms with van der Waals surface area (Å²) in [7, 11) is 0. The van der Waals surface area contributed by atoms with Crippen molar-refractivity contribution in [2.75, 3.05) is 24.5 Å². The van der Waals surface area contributed by atoms with Crippen LogP contribution in [0.2, 0.25) is 0 Å². The van der Waals surface area contributed by atoms with E-state index in [0.717, 1.165) is 38.0 Å². The highest BCUT2D eigenvalue weighted by Gasteiger charge is 2.26. The molecule has 0 unspecified atom stereocenters. The molecular formula is C28H30N4O3. The number of carbonyl (C=O) groups excluding carboxylic acids is 2. The lowest BCUT2D eigenvalue weighted by molar-refractivity contribution is -0.125. The zero-order chi connectivity index (χ0) is 24.0. The first-order valence-corrected chi connectivity index (χ1v) is 12.2. The number of pyridine rings is 1. The van der Waals surface area contributed by atoms with Crippen molar-refractivity contribution in [1.82, 2.24) is 15.2 Å². The summed E-state index contributed by atoms with van der Waals surface area (Å²) in [6.07, 6.45) is 3.90. The predicted molar refractivity (Wildman–Crippen MR) is 134 cm³/mol. The molecule has 1 aromatic heterocycles. The van der Waals surface area contributed by atoms with Gasteiger partial charge >= 0.3 is 0 Å². The Morgan fingerprint density at radius 1 is 0.914 bits per heavy atom. The summed E-state index contributed by atoms with van der Waals surface area (Å²) < 4.78 is 5.96. The van der Waals surface area contributed by atoms with E-state index in [1.165, 1.54) is 11.1 Å². The summed E-state index contributed by atoms with van der Waals surface area (Å²) >= 11 is 0. The van der Waals surface area contributed by atoms with E-state index in [2.05, 4.69) is 39.5 Å². The predicted octanol–water partition coefficient (Wildman–Crippen LogP) is 4.07. The Morgan fingerprint density at radius 3 is 2.60 bits per heavy atom. The largest absolute Gasteiger partial charge is 0.437 e. The van der Waals surface area contributed by atoms with Gasteiger partial charge in [0.1, 0.15) is 11.4 Å². The molecule has 0 saturated carbocycles. The van der Waals surface area contributed by atoms with Gasteiger partial charge in [0.25, 0.3) is 0 Å². The van der Waals surface area contributed by atoms with Crippen LogP contribution in [0.1, 0.15) is 36.0 Å². The van der Waals surface area contributed by atoms with Crippen molar-refractivity contribution < 1.29 is 14.3 Å². The van der Waals surface area contributed by atoms with Gasteiger partial charge in [-0.25, -0.2) is 4.98 Å². The van der Waals surface area contributed by atoms with Crippen LogP contribution in [0.25, 0.3) is 0 Å². The Morgan fingerprint density at radius 2 is 1.71 bits per heavy atom. The number of hydrogen-bond donors (Lipinski definition) is 1. The van der Waals surface area contributed by atoms with Gasteiger partial charge in [-0.1, -0.05) is 42.5 Å². The Labute approximate surface area is 205 Å². The van der Waals surface area contributed by atoms with Gasteiger partial charge in [-0.3, -0.25) is 14.5 Å². The highest BCUT2D eigenvalue weighted by atomic mass is 16.5. The zero-order valence-corrected chi connectivity index (χ0v) is 19.8. The monoisotopic (exact) mass is 470 g/mol. The molecule has 0 bridgehead atoms. The number of aromatic nitrogens is 1. The lowest BCUT2D eigenvalue weighted by Crippen LogP contribution is -2.34. The number of benzene rings is 2. The summed E-state index contributed by atoms with van der Waals surface area (Å²) in [6, 6.07) is 19.8. The maximum absolute atomic E-state index is 13.1. The molecule has 3 heterocycles. The van der Waals surface area contributed by atoms with E-state index >= 15 is 0 Å². The first-order valence-electron chi connectivity index (χ1n) is 12.2. The first-order chi connectivity index (χ1) is 17.2. The van der Waals surface area contributed by atoms with Crippen LogP contribution in [0.15, 0.2) is 66.9 Å². The quantitative estimate of drug-likeness (QED) is 0.527. The average molecular weight is 471 g/mol. The molecule has 2 aliphatic rings. The van der Waals surface area contributed by atoms with E-state index < -0.39 is 0 Å². The number of hydrogen-bond acceptors (Lipinski definition) is 5. The van der Waals surface area contributed by atoms with Crippen LogP contribution in [0, 0.1) is 0 Å². The summed E-state index contributed by atoms with van der Waals surface area (Å²) in [4.78, 5) is 33.9. The second-order valence-electron chi connectivity index (χ2n) is 9.02. The number of ether oxygens (including phenoxy) is 1. The number of carbonyl (C=O) groups is 2. The number of rotatable bonds is 7. The standard InChI is InChI=1S/C28H30N4O3/c33-26(29-16-6-17-31-18-14-21-7-1-2-8-22(21)19-31)12-13-27(34)32-20-23-9-3-4-11-25(23)35-28-24(32)10-5-15-30-28/h1-5,7-11,15H,6,12-14,16-20H2,(H,29,33). The van der Waals surface area contributed by atoms with Crippen LogP contribution >= 0.6 is 0 Å². The fraction of sp³-hybridized carbons (Fsp3) is 0.321. The molecule has 35 heavy (non-hydrogen) atoms. The van der Waals surface area contributed by atoms with Crippen molar-refractivity contribution in [1.29, 1.82) is 0 Å². The van der Waals surface area contributed by atoms with E-state index in [0.29, 0.717) is 30.4 Å². The third kappa shape index (κ3) is 5.52. The number of amides is 2. The fourth-order valence-electron chi connectivity index (χ4n) is 4.70. The van der Waals surface area contributed by atoms with Crippen molar-refractivity contribution in [3.8, 4) is 11.6 Å². The van der Waals surface area contributed by atoms with Crippen molar-refractivity contribution in [2.24, 2.45) is 0 Å². The van der Waals surface area contributed by atoms with Crippen molar-refractivity contribution in [3.05, 3.63) is 83.6 Å². The smallest absolute Gasteiger partial charge is 0.243 e. The van der Waals surface area contributed by atoms with Gasteiger partial charge in [0.05, 0.1) is 6.54 Å². The lowest BCUT2D eigenvalue weighted by Gasteiger charge is -2.28. The number of nitrogens with zero attached hydrogens (tertiary/aromatic N) is 3. The normalized spacial score (nSPS) is 14.7. The zero-order valence-electron chi connectivity index (χ0n) is 19.8. The molecule has 2 aromatic carbocycles. The van der Waals surface area contributed by atoms with Crippen molar-refractivity contribution in [2.45, 2.75) is 38.8 Å². The molecule has 7 nitrogen and oxygen atoms in total. The lowest BCUT2D eigenvalue weighted by atomic mass is 10.00. The summed E-state index contributed by atoms with van der Waals surface area (Å²) in [6.45, 7) is 3.97. The average Bonchev–Trinajstić information content (AvgIpc) is 3.06. The van der Waals surface area contributed by atoms with Gasteiger partial charge in [-0.2, -0.15) is 0 Å². The number of nitrogens with one attached hydrogen (secondary N) is 1. The summed E-state index contributed by atoms with van der Waals surface area (Å²) in [5, 5.41) is 2.97. The topological polar surface area (TPSA) is 74.8 Å². The van der Waals surface area contributed by atoms with E-state index in [4.69, 9.17) is 4.74 Å². The van der Waals surface area contributed by atoms with Gasteiger partial charge in [0.2, 0.25) is 17.7 Å². The van der Waals surface area contributed by atoms with Crippen LogP contribution in [-0.4, -0.2) is 41.3 Å². The number of anilines is 1. The molecule has 0 fully saturated rings. The second-order valence-corrected chi connectivity index (χ2v) is 9.02. The van der Waals surface area contributed by atoms with Crippen molar-refractivity contribution >= 4 is 17.5 Å². The molecule has 1 N–H and O–H groups in total. The van der Waals surface area contributed by atoms with Crippen LogP contribution < -0.4 is 15.0 Å². The molecular weight excluding hydrogens is 440 g/mol. The maximum atomic E-state index is 13.1. The van der Waals surface area contributed by atoms with Gasteiger partial charge < -0.3 is 15.0 Å². The molecule has 0 saturated heterocycles. The molecule has 7 heteroatoms. The first kappa shape index (κ1) is 23.1. The van der Waals surface area contributed by atoms with E-state index in [1.807, 2.05) is 30.3 Å². The Kier molecular flexibility index (Phi) is 7.04. The van der Waals surface area contributed by atoms with Crippen LogP contribution in [0.3, 0.4) is 0 Å². The third-order valence-corrected chi connectivity index (χ3v) is 6.60. The Bertz CT molecular complexity index is 1210. The highest BCUT2D eigenvalue weighted by Crippen LogP contribution is 2.37. The molecule has 3 aromatic rings. The van der Waals surface area contributed by atoms with E-state index in [9.17, 15) is 9.59 Å². The SMILES string of the molecule is O=C(CCC(=O)N1Cc2ccccc2Oc2ncccc21)NCCCN1CCc2ccccc2C1. The number of fused-ring (bicyclic) bond motifs is 3. The molecule has 0 aliphatic carbocycles. The molecule has 5 rings (SSSR count). The van der Waals surface area contributed by atoms with Crippen LogP contribution in [0.4, 0.5) is 5.69 Å². The Hall–Kier alpha value is -3.71.